The third-order valence-electron chi connectivity index (χ3n) is 4.58. The van der Waals surface area contributed by atoms with Crippen LogP contribution in [0.1, 0.15) is 39.5 Å². The van der Waals surface area contributed by atoms with Gasteiger partial charge in [0.2, 0.25) is 5.91 Å². The minimum Gasteiger partial charge on any atom is -0.468 e. The van der Waals surface area contributed by atoms with Gasteiger partial charge in [0, 0.05) is 23.0 Å². The molecule has 7 nitrogen and oxygen atoms in total. The van der Waals surface area contributed by atoms with Gasteiger partial charge in [-0.1, -0.05) is 11.6 Å². The van der Waals surface area contributed by atoms with E-state index in [-0.39, 0.29) is 40.6 Å². The fraction of sp³-hybridized carbons (Fsp3) is 0.429. The number of rotatable bonds is 7. The van der Waals surface area contributed by atoms with Gasteiger partial charge < -0.3 is 9.47 Å². The Bertz CT molecular complexity index is 933. The van der Waals surface area contributed by atoms with Crippen LogP contribution in [0.4, 0.5) is 10.1 Å². The first-order valence-corrected chi connectivity index (χ1v) is 11.0. The smallest absolute Gasteiger partial charge is 0.334 e. The van der Waals surface area contributed by atoms with E-state index in [2.05, 4.69) is 4.74 Å². The van der Waals surface area contributed by atoms with Crippen molar-refractivity contribution in [3.8, 4) is 0 Å². The van der Waals surface area contributed by atoms with Gasteiger partial charge in [-0.25, -0.2) is 14.1 Å². The number of halogens is 2. The molecular formula is C21H23ClFNO6S. The maximum atomic E-state index is 14.8. The zero-order valence-electron chi connectivity index (χ0n) is 17.5. The summed E-state index contributed by atoms with van der Waals surface area (Å²) in [4.78, 5) is 50.4. The van der Waals surface area contributed by atoms with Gasteiger partial charge in [0.25, 0.3) is 5.91 Å². The van der Waals surface area contributed by atoms with Gasteiger partial charge >= 0.3 is 11.9 Å². The van der Waals surface area contributed by atoms with Crippen LogP contribution in [0.3, 0.4) is 0 Å². The topological polar surface area (TPSA) is 90.0 Å². The molecular weight excluding hydrogens is 449 g/mol. The standard InChI is InChI=1S/C21H23ClFNO6S/c1-4-30-21(28)14-8-6-5-7-13(14)20(27)24(12(2)25)17-10-18(15(22)9-16(17)23)31-11-19(26)29-3/h9-10H,4-8,11H2,1-3H3. The highest BCUT2D eigenvalue weighted by atomic mass is 35.5. The molecule has 1 aromatic carbocycles. The lowest BCUT2D eigenvalue weighted by Crippen LogP contribution is -2.38. The number of methoxy groups -OCH3 is 1. The molecule has 0 bridgehead atoms. The molecule has 1 aliphatic rings. The molecule has 0 saturated heterocycles. The summed E-state index contributed by atoms with van der Waals surface area (Å²) in [7, 11) is 1.23. The first-order chi connectivity index (χ1) is 14.7. The van der Waals surface area contributed by atoms with Crippen LogP contribution in [0.2, 0.25) is 5.02 Å². The maximum absolute atomic E-state index is 14.8. The molecule has 0 radical (unpaired) electrons. The van der Waals surface area contributed by atoms with Gasteiger partial charge in [0.05, 0.1) is 30.2 Å². The SMILES string of the molecule is CCOC(=O)C1=C(C(=O)N(C(C)=O)c2cc(SCC(=O)OC)c(Cl)cc2F)CCCC1. The molecule has 1 aliphatic carbocycles. The molecule has 0 aliphatic heterocycles. The number of thioether (sulfide) groups is 1. The Balaban J connectivity index is 2.49. The zero-order chi connectivity index (χ0) is 23.1. The third kappa shape index (κ3) is 6.07. The summed E-state index contributed by atoms with van der Waals surface area (Å²) in [5.41, 5.74) is 0.0348. The lowest BCUT2D eigenvalue weighted by Gasteiger charge is -2.25. The number of anilines is 1. The number of ether oxygens (including phenoxy) is 2. The minimum atomic E-state index is -0.884. The van der Waals surface area contributed by atoms with E-state index in [1.165, 1.54) is 13.2 Å². The molecule has 10 heteroatoms. The summed E-state index contributed by atoms with van der Waals surface area (Å²) in [6.45, 7) is 2.93. The Labute approximate surface area is 188 Å². The van der Waals surface area contributed by atoms with Crippen molar-refractivity contribution >= 4 is 52.8 Å². The first-order valence-electron chi connectivity index (χ1n) is 9.64. The predicted octanol–water partition coefficient (Wildman–Crippen LogP) is 4.06. The number of carbonyl (C=O) groups is 4. The number of hydrogen-bond donors (Lipinski definition) is 0. The van der Waals surface area contributed by atoms with Crippen LogP contribution in [-0.4, -0.2) is 43.2 Å². The minimum absolute atomic E-state index is 0.0233. The van der Waals surface area contributed by atoms with Gasteiger partial charge in [-0.15, -0.1) is 11.8 Å². The lowest BCUT2D eigenvalue weighted by molar-refractivity contribution is -0.139. The Kier molecular flexibility index (Phi) is 9.06. The number of imide groups is 1. The van der Waals surface area contributed by atoms with Crippen molar-refractivity contribution in [2.45, 2.75) is 44.4 Å². The number of hydrogen-bond acceptors (Lipinski definition) is 7. The predicted molar refractivity (Wildman–Crippen MR) is 114 cm³/mol. The fourth-order valence-electron chi connectivity index (χ4n) is 3.14. The average Bonchev–Trinajstić information content (AvgIpc) is 2.74. The fourth-order valence-corrected chi connectivity index (χ4v) is 4.23. The number of nitrogens with zero attached hydrogens (tertiary/aromatic N) is 1. The lowest BCUT2D eigenvalue weighted by atomic mass is 9.90. The van der Waals surface area contributed by atoms with Crippen molar-refractivity contribution in [2.75, 3.05) is 24.4 Å². The molecule has 0 spiro atoms. The van der Waals surface area contributed by atoms with Crippen molar-refractivity contribution < 1.29 is 33.0 Å². The molecule has 31 heavy (non-hydrogen) atoms. The van der Waals surface area contributed by atoms with Crippen LogP contribution in [0.25, 0.3) is 0 Å². The van der Waals surface area contributed by atoms with Crippen LogP contribution in [-0.2, 0) is 28.7 Å². The Hall–Kier alpha value is -2.39. The van der Waals surface area contributed by atoms with Crippen LogP contribution in [0.15, 0.2) is 28.2 Å². The molecule has 1 aromatic rings. The van der Waals surface area contributed by atoms with Crippen LogP contribution in [0, 0.1) is 5.82 Å². The number of amides is 2. The van der Waals surface area contributed by atoms with E-state index in [0.29, 0.717) is 29.1 Å². The van der Waals surface area contributed by atoms with Crippen molar-refractivity contribution in [1.82, 2.24) is 0 Å². The molecule has 0 saturated carbocycles. The quantitative estimate of drug-likeness (QED) is 0.437. The Morgan fingerprint density at radius 1 is 1.16 bits per heavy atom. The monoisotopic (exact) mass is 471 g/mol. The molecule has 0 aromatic heterocycles. The Morgan fingerprint density at radius 3 is 2.39 bits per heavy atom. The largest absolute Gasteiger partial charge is 0.468 e. The number of carbonyl (C=O) groups excluding carboxylic acids is 4. The summed E-state index contributed by atoms with van der Waals surface area (Å²) >= 11 is 7.05. The van der Waals surface area contributed by atoms with Gasteiger partial charge in [-0.2, -0.15) is 0 Å². The zero-order valence-corrected chi connectivity index (χ0v) is 19.0. The molecule has 2 amide bonds. The van der Waals surface area contributed by atoms with E-state index in [0.717, 1.165) is 24.8 Å². The van der Waals surface area contributed by atoms with Gasteiger partial charge in [0.15, 0.2) is 0 Å². The van der Waals surface area contributed by atoms with Crippen LogP contribution < -0.4 is 4.90 Å². The normalized spacial score (nSPS) is 13.6. The van der Waals surface area contributed by atoms with Gasteiger partial charge in [-0.05, 0) is 44.7 Å². The molecule has 2 rings (SSSR count). The molecule has 0 atom stereocenters. The summed E-state index contributed by atoms with van der Waals surface area (Å²) in [5, 5.41) is 0.0233. The Morgan fingerprint density at radius 2 is 1.81 bits per heavy atom. The van der Waals surface area contributed by atoms with E-state index in [1.807, 2.05) is 0 Å². The van der Waals surface area contributed by atoms with Crippen molar-refractivity contribution in [3.63, 3.8) is 0 Å². The van der Waals surface area contributed by atoms with E-state index in [4.69, 9.17) is 16.3 Å². The highest BCUT2D eigenvalue weighted by molar-refractivity contribution is 8.00. The van der Waals surface area contributed by atoms with Gasteiger partial charge in [-0.3, -0.25) is 14.4 Å². The molecule has 0 unspecified atom stereocenters. The summed E-state index contributed by atoms with van der Waals surface area (Å²) in [5.74, 6) is -3.60. The van der Waals surface area contributed by atoms with Crippen molar-refractivity contribution in [3.05, 3.63) is 34.1 Å². The van der Waals surface area contributed by atoms with Crippen molar-refractivity contribution in [1.29, 1.82) is 0 Å². The highest BCUT2D eigenvalue weighted by Gasteiger charge is 2.32. The van der Waals surface area contributed by atoms with E-state index < -0.39 is 29.6 Å². The highest BCUT2D eigenvalue weighted by Crippen LogP contribution is 2.36. The number of esters is 2. The van der Waals surface area contributed by atoms with Crippen LogP contribution >= 0.6 is 23.4 Å². The number of benzene rings is 1. The maximum Gasteiger partial charge on any atom is 0.334 e. The summed E-state index contributed by atoms with van der Waals surface area (Å²) in [6, 6.07) is 2.21. The van der Waals surface area contributed by atoms with E-state index >= 15 is 0 Å². The first kappa shape index (κ1) is 24.9. The summed E-state index contributed by atoms with van der Waals surface area (Å²) < 4.78 is 24.4. The summed E-state index contributed by atoms with van der Waals surface area (Å²) in [6.07, 6.45) is 1.97. The van der Waals surface area contributed by atoms with E-state index in [9.17, 15) is 23.6 Å². The van der Waals surface area contributed by atoms with E-state index in [1.54, 1.807) is 6.92 Å². The second-order valence-corrected chi connectivity index (χ2v) is 8.07. The average molecular weight is 472 g/mol. The molecule has 168 valence electrons. The second-order valence-electron chi connectivity index (χ2n) is 6.64. The molecule has 0 heterocycles. The van der Waals surface area contributed by atoms with Gasteiger partial charge in [0.1, 0.15) is 5.82 Å². The molecule has 0 N–H and O–H groups in total. The molecule has 0 fully saturated rings. The van der Waals surface area contributed by atoms with Crippen molar-refractivity contribution in [2.24, 2.45) is 0 Å². The second kappa shape index (κ2) is 11.3. The van der Waals surface area contributed by atoms with Crippen LogP contribution in [0.5, 0.6) is 0 Å². The third-order valence-corrected chi connectivity index (χ3v) is 6.03.